The van der Waals surface area contributed by atoms with Crippen molar-refractivity contribution in [2.45, 2.75) is 6.54 Å². The lowest BCUT2D eigenvalue weighted by molar-refractivity contribution is -0.129. The Kier molecular flexibility index (Phi) is 4.37. The Hall–Kier alpha value is -3.18. The number of halogens is 1. The smallest absolute Gasteiger partial charge is 0.363 e. The van der Waals surface area contributed by atoms with Gasteiger partial charge in [-0.3, -0.25) is 4.68 Å². The minimum atomic E-state index is -0.504. The molecule has 4 rings (SSSR count). The summed E-state index contributed by atoms with van der Waals surface area (Å²) in [5, 5.41) is 4.80. The average Bonchev–Trinajstić information content (AvgIpc) is 3.23. The van der Waals surface area contributed by atoms with Crippen LogP contribution in [0.2, 0.25) is 5.02 Å². The summed E-state index contributed by atoms with van der Waals surface area (Å²) < 4.78 is 7.05. The maximum absolute atomic E-state index is 12.1. The Bertz CT molecular complexity index is 1020. The van der Waals surface area contributed by atoms with Crippen LogP contribution in [0.15, 0.2) is 77.7 Å². The quantitative estimate of drug-likeness (QED) is 0.521. The van der Waals surface area contributed by atoms with E-state index in [2.05, 4.69) is 10.1 Å². The molecule has 0 spiro atoms. The molecule has 0 bridgehead atoms. The van der Waals surface area contributed by atoms with Crippen LogP contribution < -0.4 is 0 Å². The highest BCUT2D eigenvalue weighted by Gasteiger charge is 2.25. The fourth-order valence-corrected chi connectivity index (χ4v) is 2.84. The van der Waals surface area contributed by atoms with Gasteiger partial charge >= 0.3 is 5.97 Å². The van der Waals surface area contributed by atoms with E-state index in [1.807, 2.05) is 42.6 Å². The molecule has 6 heteroatoms. The fourth-order valence-electron chi connectivity index (χ4n) is 2.63. The van der Waals surface area contributed by atoms with Crippen LogP contribution in [-0.4, -0.2) is 21.6 Å². The summed E-state index contributed by atoms with van der Waals surface area (Å²) >= 11 is 6.14. The van der Waals surface area contributed by atoms with Crippen LogP contribution >= 0.6 is 11.6 Å². The van der Waals surface area contributed by atoms with Crippen LogP contribution in [0.5, 0.6) is 0 Å². The molecule has 3 aromatic rings. The summed E-state index contributed by atoms with van der Waals surface area (Å²) in [4.78, 5) is 16.4. The predicted octanol–water partition coefficient (Wildman–Crippen LogP) is 3.93. The maximum atomic E-state index is 12.1. The van der Waals surface area contributed by atoms with Gasteiger partial charge in [0.2, 0.25) is 5.90 Å². The van der Waals surface area contributed by atoms with E-state index >= 15 is 0 Å². The van der Waals surface area contributed by atoms with E-state index in [1.165, 1.54) is 0 Å². The number of benzene rings is 2. The zero-order valence-electron chi connectivity index (χ0n) is 13.7. The summed E-state index contributed by atoms with van der Waals surface area (Å²) in [5.41, 5.74) is 2.73. The van der Waals surface area contributed by atoms with Crippen LogP contribution in [0.3, 0.4) is 0 Å². The first-order valence-electron chi connectivity index (χ1n) is 8.03. The third kappa shape index (κ3) is 3.43. The highest BCUT2D eigenvalue weighted by molar-refractivity contribution is 6.34. The molecular formula is C20H14ClN3O2. The van der Waals surface area contributed by atoms with Gasteiger partial charge in [-0.2, -0.15) is 5.10 Å². The van der Waals surface area contributed by atoms with Crippen molar-refractivity contribution in [3.63, 3.8) is 0 Å². The minimum Gasteiger partial charge on any atom is -0.402 e. The van der Waals surface area contributed by atoms with Crippen molar-refractivity contribution in [2.75, 3.05) is 0 Å². The number of hydrogen-bond acceptors (Lipinski definition) is 4. The summed E-state index contributed by atoms with van der Waals surface area (Å²) in [7, 11) is 0. The highest BCUT2D eigenvalue weighted by atomic mass is 35.5. The molecule has 0 atom stereocenters. The lowest BCUT2D eigenvalue weighted by Crippen LogP contribution is -2.05. The molecule has 0 saturated heterocycles. The number of aliphatic imine (C=N–C) groups is 1. The van der Waals surface area contributed by atoms with Crippen molar-refractivity contribution in [3.8, 4) is 0 Å². The van der Waals surface area contributed by atoms with Gasteiger partial charge in [0.25, 0.3) is 0 Å². The molecule has 1 aliphatic heterocycles. The number of carbonyl (C=O) groups excluding carboxylic acids is 1. The SMILES string of the molecule is O=C1OC(c2ccccc2Cl)=N/C1=C\c1cnn(Cc2ccccc2)c1. The summed E-state index contributed by atoms with van der Waals surface area (Å²) in [5.74, 6) is -0.292. The normalized spacial score (nSPS) is 15.2. The van der Waals surface area contributed by atoms with Gasteiger partial charge in [-0.05, 0) is 23.8 Å². The highest BCUT2D eigenvalue weighted by Crippen LogP contribution is 2.23. The van der Waals surface area contributed by atoms with Crippen LogP contribution in [0, 0.1) is 0 Å². The molecule has 128 valence electrons. The van der Waals surface area contributed by atoms with Crippen LogP contribution in [0.25, 0.3) is 6.08 Å². The van der Waals surface area contributed by atoms with Gasteiger partial charge in [-0.15, -0.1) is 0 Å². The van der Waals surface area contributed by atoms with E-state index < -0.39 is 5.97 Å². The first-order chi connectivity index (χ1) is 12.7. The predicted molar refractivity (Wildman–Crippen MR) is 99.8 cm³/mol. The van der Waals surface area contributed by atoms with Gasteiger partial charge in [0.1, 0.15) is 0 Å². The maximum Gasteiger partial charge on any atom is 0.363 e. The molecule has 1 aliphatic rings. The Morgan fingerprint density at radius 1 is 1.08 bits per heavy atom. The van der Waals surface area contributed by atoms with Crippen molar-refractivity contribution in [3.05, 3.63) is 94.4 Å². The standard InChI is InChI=1S/C20H14ClN3O2/c21-17-9-5-4-8-16(17)19-23-18(20(25)26-19)10-15-11-22-24(13-15)12-14-6-2-1-3-7-14/h1-11,13H,12H2/b18-10-. The van der Waals surface area contributed by atoms with Crippen molar-refractivity contribution in [1.29, 1.82) is 0 Å². The largest absolute Gasteiger partial charge is 0.402 e. The van der Waals surface area contributed by atoms with E-state index in [4.69, 9.17) is 16.3 Å². The van der Waals surface area contributed by atoms with Crippen LogP contribution in [0.1, 0.15) is 16.7 Å². The molecule has 0 fully saturated rings. The summed E-state index contributed by atoms with van der Waals surface area (Å²) in [6, 6.07) is 17.1. The molecule has 2 aromatic carbocycles. The molecular weight excluding hydrogens is 350 g/mol. The van der Waals surface area contributed by atoms with E-state index in [-0.39, 0.29) is 11.6 Å². The van der Waals surface area contributed by atoms with Gasteiger partial charge in [-0.1, -0.05) is 54.1 Å². The second-order valence-electron chi connectivity index (χ2n) is 5.77. The Morgan fingerprint density at radius 2 is 1.85 bits per heavy atom. The lowest BCUT2D eigenvalue weighted by Gasteiger charge is -2.00. The van der Waals surface area contributed by atoms with Gasteiger partial charge in [-0.25, -0.2) is 9.79 Å². The fraction of sp³-hybridized carbons (Fsp3) is 0.0500. The molecule has 0 amide bonds. The summed E-state index contributed by atoms with van der Waals surface area (Å²) in [6.07, 6.45) is 5.20. The number of nitrogens with zero attached hydrogens (tertiary/aromatic N) is 3. The molecule has 1 aromatic heterocycles. The van der Waals surface area contributed by atoms with Crippen LogP contribution in [0.4, 0.5) is 0 Å². The van der Waals surface area contributed by atoms with Crippen molar-refractivity contribution in [1.82, 2.24) is 9.78 Å². The lowest BCUT2D eigenvalue weighted by atomic mass is 10.2. The van der Waals surface area contributed by atoms with E-state index in [1.54, 1.807) is 35.2 Å². The zero-order valence-corrected chi connectivity index (χ0v) is 14.4. The zero-order chi connectivity index (χ0) is 17.9. The van der Waals surface area contributed by atoms with E-state index in [0.717, 1.165) is 11.1 Å². The van der Waals surface area contributed by atoms with E-state index in [0.29, 0.717) is 17.1 Å². The second-order valence-corrected chi connectivity index (χ2v) is 6.18. The topological polar surface area (TPSA) is 56.5 Å². The molecule has 0 radical (unpaired) electrons. The van der Waals surface area contributed by atoms with Crippen molar-refractivity contribution < 1.29 is 9.53 Å². The van der Waals surface area contributed by atoms with Crippen LogP contribution in [-0.2, 0) is 16.1 Å². The Balaban J connectivity index is 1.57. The number of esters is 1. The Morgan fingerprint density at radius 3 is 2.65 bits per heavy atom. The molecule has 0 aliphatic carbocycles. The van der Waals surface area contributed by atoms with Crippen molar-refractivity contribution >= 4 is 29.5 Å². The van der Waals surface area contributed by atoms with Gasteiger partial charge in [0.15, 0.2) is 5.70 Å². The summed E-state index contributed by atoms with van der Waals surface area (Å²) in [6.45, 7) is 0.655. The molecule has 0 unspecified atom stereocenters. The number of cyclic esters (lactones) is 1. The first kappa shape index (κ1) is 16.3. The molecule has 26 heavy (non-hydrogen) atoms. The number of aromatic nitrogens is 2. The van der Waals surface area contributed by atoms with E-state index in [9.17, 15) is 4.79 Å². The molecule has 2 heterocycles. The molecule has 0 N–H and O–H groups in total. The van der Waals surface area contributed by atoms with Gasteiger partial charge in [0.05, 0.1) is 23.3 Å². The van der Waals surface area contributed by atoms with Crippen molar-refractivity contribution in [2.24, 2.45) is 4.99 Å². The number of carbonyl (C=O) groups is 1. The minimum absolute atomic E-state index is 0.212. The monoisotopic (exact) mass is 363 g/mol. The number of ether oxygens (including phenoxy) is 1. The third-order valence-electron chi connectivity index (χ3n) is 3.87. The van der Waals surface area contributed by atoms with Gasteiger partial charge in [0, 0.05) is 11.8 Å². The number of hydrogen-bond donors (Lipinski definition) is 0. The number of rotatable bonds is 4. The average molecular weight is 364 g/mol. The molecule has 5 nitrogen and oxygen atoms in total. The second kappa shape index (κ2) is 6.98. The molecule has 0 saturated carbocycles. The van der Waals surface area contributed by atoms with Gasteiger partial charge < -0.3 is 4.74 Å². The third-order valence-corrected chi connectivity index (χ3v) is 4.20. The Labute approximate surface area is 155 Å². The first-order valence-corrected chi connectivity index (χ1v) is 8.41.